The average molecular weight is 290 g/mol. The first-order chi connectivity index (χ1) is 10.2. The van der Waals surface area contributed by atoms with Crippen molar-refractivity contribution in [2.24, 2.45) is 11.8 Å². The molecule has 0 bridgehead atoms. The molecule has 0 unspecified atom stereocenters. The lowest BCUT2D eigenvalue weighted by atomic mass is 9.82. The van der Waals surface area contributed by atoms with Gasteiger partial charge in [0.05, 0.1) is 17.9 Å². The van der Waals surface area contributed by atoms with E-state index in [-0.39, 0.29) is 11.8 Å². The van der Waals surface area contributed by atoms with Gasteiger partial charge in [0.15, 0.2) is 0 Å². The molecule has 116 valence electrons. The second-order valence-corrected chi connectivity index (χ2v) is 6.64. The molecule has 1 amide bonds. The van der Waals surface area contributed by atoms with E-state index in [1.807, 2.05) is 10.9 Å². The largest absolute Gasteiger partial charge is 0.323 e. The van der Waals surface area contributed by atoms with Gasteiger partial charge in [0.2, 0.25) is 5.91 Å². The first-order valence-electron chi connectivity index (χ1n) is 8.28. The van der Waals surface area contributed by atoms with E-state index in [0.29, 0.717) is 6.04 Å². The summed E-state index contributed by atoms with van der Waals surface area (Å²) in [5.74, 6) is 1.13. The number of carbonyl (C=O) groups excluding carboxylic acids is 1. The molecular weight excluding hydrogens is 264 g/mol. The SMILES string of the molecule is CC1CCC(C(=O)Nc2cnn(C3CCNCC3)c2)CC1. The summed E-state index contributed by atoms with van der Waals surface area (Å²) in [5.41, 5.74) is 0.845. The fourth-order valence-corrected chi connectivity index (χ4v) is 3.44. The van der Waals surface area contributed by atoms with Gasteiger partial charge in [-0.25, -0.2) is 0 Å². The summed E-state index contributed by atoms with van der Waals surface area (Å²) in [7, 11) is 0. The molecule has 21 heavy (non-hydrogen) atoms. The van der Waals surface area contributed by atoms with Crippen LogP contribution in [-0.4, -0.2) is 28.8 Å². The van der Waals surface area contributed by atoms with E-state index in [4.69, 9.17) is 0 Å². The lowest BCUT2D eigenvalue weighted by Gasteiger charge is -2.25. The number of nitrogens with one attached hydrogen (secondary N) is 2. The first kappa shape index (κ1) is 14.6. The molecule has 1 aromatic rings. The van der Waals surface area contributed by atoms with Gasteiger partial charge in [-0.15, -0.1) is 0 Å². The van der Waals surface area contributed by atoms with Crippen LogP contribution in [0.15, 0.2) is 12.4 Å². The van der Waals surface area contributed by atoms with Crippen LogP contribution in [0.3, 0.4) is 0 Å². The highest BCUT2D eigenvalue weighted by Crippen LogP contribution is 2.29. The van der Waals surface area contributed by atoms with Gasteiger partial charge >= 0.3 is 0 Å². The molecule has 2 aliphatic rings. The molecule has 0 radical (unpaired) electrons. The van der Waals surface area contributed by atoms with Crippen LogP contribution in [0.4, 0.5) is 5.69 Å². The maximum Gasteiger partial charge on any atom is 0.227 e. The molecule has 2 heterocycles. The molecule has 1 saturated carbocycles. The highest BCUT2D eigenvalue weighted by molar-refractivity contribution is 5.92. The monoisotopic (exact) mass is 290 g/mol. The number of hydrogen-bond donors (Lipinski definition) is 2. The van der Waals surface area contributed by atoms with Crippen molar-refractivity contribution in [3.8, 4) is 0 Å². The minimum absolute atomic E-state index is 0.173. The molecule has 0 spiro atoms. The van der Waals surface area contributed by atoms with Crippen molar-refractivity contribution in [1.29, 1.82) is 0 Å². The predicted octanol–water partition coefficient (Wildman–Crippen LogP) is 2.57. The van der Waals surface area contributed by atoms with Crippen LogP contribution >= 0.6 is 0 Å². The maximum atomic E-state index is 12.3. The van der Waals surface area contributed by atoms with Gasteiger partial charge in [-0.3, -0.25) is 9.48 Å². The smallest absolute Gasteiger partial charge is 0.227 e. The molecule has 5 nitrogen and oxygen atoms in total. The third-order valence-electron chi connectivity index (χ3n) is 4.94. The Morgan fingerprint density at radius 3 is 2.67 bits per heavy atom. The summed E-state index contributed by atoms with van der Waals surface area (Å²) >= 11 is 0. The van der Waals surface area contributed by atoms with E-state index in [2.05, 4.69) is 22.7 Å². The third kappa shape index (κ3) is 3.64. The summed E-state index contributed by atoms with van der Waals surface area (Å²) in [5, 5.41) is 10.8. The summed E-state index contributed by atoms with van der Waals surface area (Å²) in [4.78, 5) is 12.3. The third-order valence-corrected chi connectivity index (χ3v) is 4.94. The van der Waals surface area contributed by atoms with Crippen LogP contribution in [0, 0.1) is 11.8 Å². The Kier molecular flexibility index (Phi) is 4.58. The number of piperidine rings is 1. The van der Waals surface area contributed by atoms with E-state index in [1.54, 1.807) is 6.20 Å². The zero-order valence-electron chi connectivity index (χ0n) is 12.8. The lowest BCUT2D eigenvalue weighted by Crippen LogP contribution is -2.29. The minimum atomic E-state index is 0.173. The van der Waals surface area contributed by atoms with Crippen LogP contribution in [0.25, 0.3) is 0 Å². The number of rotatable bonds is 3. The minimum Gasteiger partial charge on any atom is -0.323 e. The molecule has 2 N–H and O–H groups in total. The molecule has 2 fully saturated rings. The van der Waals surface area contributed by atoms with E-state index in [9.17, 15) is 4.79 Å². The molecule has 0 aromatic carbocycles. The van der Waals surface area contributed by atoms with Gasteiger partial charge < -0.3 is 10.6 Å². The molecule has 1 aromatic heterocycles. The van der Waals surface area contributed by atoms with E-state index in [0.717, 1.165) is 50.4 Å². The Labute approximate surface area is 126 Å². The molecule has 1 aliphatic heterocycles. The van der Waals surface area contributed by atoms with Crippen LogP contribution in [0.1, 0.15) is 51.5 Å². The number of aromatic nitrogens is 2. The van der Waals surface area contributed by atoms with Crippen LogP contribution in [0.2, 0.25) is 0 Å². The summed E-state index contributed by atoms with van der Waals surface area (Å²) < 4.78 is 2.01. The Hall–Kier alpha value is -1.36. The van der Waals surface area contributed by atoms with Crippen molar-refractivity contribution >= 4 is 11.6 Å². The zero-order valence-corrected chi connectivity index (χ0v) is 12.8. The van der Waals surface area contributed by atoms with Crippen molar-refractivity contribution in [2.75, 3.05) is 18.4 Å². The number of anilines is 1. The van der Waals surface area contributed by atoms with E-state index in [1.165, 1.54) is 12.8 Å². The molecule has 1 aliphatic carbocycles. The van der Waals surface area contributed by atoms with Gasteiger partial charge in [0.25, 0.3) is 0 Å². The molecule has 0 atom stereocenters. The predicted molar refractivity (Wildman–Crippen MR) is 83.1 cm³/mol. The number of carbonyl (C=O) groups is 1. The van der Waals surface area contributed by atoms with Crippen molar-refractivity contribution in [3.63, 3.8) is 0 Å². The highest BCUT2D eigenvalue weighted by Gasteiger charge is 2.24. The lowest BCUT2D eigenvalue weighted by molar-refractivity contribution is -0.121. The number of amides is 1. The van der Waals surface area contributed by atoms with Gasteiger partial charge in [0.1, 0.15) is 0 Å². The van der Waals surface area contributed by atoms with Gasteiger partial charge in [-0.05, 0) is 57.5 Å². The van der Waals surface area contributed by atoms with Gasteiger partial charge in [0, 0.05) is 12.1 Å². The Balaban J connectivity index is 1.55. The topological polar surface area (TPSA) is 59.0 Å². The van der Waals surface area contributed by atoms with Crippen molar-refractivity contribution < 1.29 is 4.79 Å². The quantitative estimate of drug-likeness (QED) is 0.899. The molecule has 1 saturated heterocycles. The van der Waals surface area contributed by atoms with E-state index < -0.39 is 0 Å². The fraction of sp³-hybridized carbons (Fsp3) is 0.750. The van der Waals surface area contributed by atoms with Crippen LogP contribution in [0.5, 0.6) is 0 Å². The van der Waals surface area contributed by atoms with Crippen LogP contribution in [-0.2, 0) is 4.79 Å². The van der Waals surface area contributed by atoms with Gasteiger partial charge in [-0.1, -0.05) is 6.92 Å². The van der Waals surface area contributed by atoms with Gasteiger partial charge in [-0.2, -0.15) is 5.10 Å². The summed E-state index contributed by atoms with van der Waals surface area (Å²) in [6.07, 6.45) is 10.4. The summed E-state index contributed by atoms with van der Waals surface area (Å²) in [6, 6.07) is 0.465. The Morgan fingerprint density at radius 1 is 1.24 bits per heavy atom. The Bertz CT molecular complexity index is 470. The second kappa shape index (κ2) is 6.60. The molecule has 5 heteroatoms. The molecule has 3 rings (SSSR count). The van der Waals surface area contributed by atoms with Crippen molar-refractivity contribution in [3.05, 3.63) is 12.4 Å². The van der Waals surface area contributed by atoms with Crippen LogP contribution < -0.4 is 10.6 Å². The second-order valence-electron chi connectivity index (χ2n) is 6.64. The zero-order chi connectivity index (χ0) is 14.7. The maximum absolute atomic E-state index is 12.3. The fourth-order valence-electron chi connectivity index (χ4n) is 3.44. The first-order valence-corrected chi connectivity index (χ1v) is 8.28. The average Bonchev–Trinajstić information content (AvgIpc) is 2.97. The molecular formula is C16H26N4O. The standard InChI is InChI=1S/C16H26N4O/c1-12-2-4-13(5-3-12)16(21)19-14-10-18-20(11-14)15-6-8-17-9-7-15/h10-13,15,17H,2-9H2,1H3,(H,19,21). The Morgan fingerprint density at radius 2 is 1.95 bits per heavy atom. The van der Waals surface area contributed by atoms with Crippen molar-refractivity contribution in [1.82, 2.24) is 15.1 Å². The number of hydrogen-bond acceptors (Lipinski definition) is 3. The number of nitrogens with zero attached hydrogens (tertiary/aromatic N) is 2. The highest BCUT2D eigenvalue weighted by atomic mass is 16.1. The van der Waals surface area contributed by atoms with E-state index >= 15 is 0 Å². The summed E-state index contributed by atoms with van der Waals surface area (Å²) in [6.45, 7) is 4.37. The van der Waals surface area contributed by atoms with Crippen molar-refractivity contribution in [2.45, 2.75) is 51.5 Å². The normalized spacial score (nSPS) is 27.5.